The molecule has 1 unspecified atom stereocenters. The van der Waals surface area contributed by atoms with Gasteiger partial charge in [0.25, 0.3) is 0 Å². The molecule has 5 heteroatoms. The van der Waals surface area contributed by atoms with Gasteiger partial charge in [-0.3, -0.25) is 4.90 Å². The molecule has 0 spiro atoms. The second-order valence-electron chi connectivity index (χ2n) is 7.69. The summed E-state index contributed by atoms with van der Waals surface area (Å²) in [6, 6.07) is 0. The molecule has 1 saturated heterocycles. The van der Waals surface area contributed by atoms with E-state index in [0.717, 1.165) is 37.9 Å². The molecule has 2 aliphatic rings. The highest BCUT2D eigenvalue weighted by Crippen LogP contribution is 2.48. The molecule has 1 saturated carbocycles. The van der Waals surface area contributed by atoms with Crippen molar-refractivity contribution in [2.75, 3.05) is 26.2 Å². The zero-order valence-corrected chi connectivity index (χ0v) is 13.8. The highest BCUT2D eigenvalue weighted by atomic mass is 16.5. The Hall–Kier alpha value is -0.940. The summed E-state index contributed by atoms with van der Waals surface area (Å²) in [4.78, 5) is 7.24. The molecule has 0 radical (unpaired) electrons. The summed E-state index contributed by atoms with van der Waals surface area (Å²) in [6.07, 6.45) is 3.68. The van der Waals surface area contributed by atoms with Crippen LogP contribution in [0.5, 0.6) is 0 Å². The van der Waals surface area contributed by atoms with E-state index in [4.69, 9.17) is 9.51 Å². The third kappa shape index (κ3) is 2.73. The van der Waals surface area contributed by atoms with Gasteiger partial charge in [0, 0.05) is 32.1 Å². The molecule has 1 atom stereocenters. The minimum absolute atomic E-state index is 0.160. The first kappa shape index (κ1) is 15.0. The highest BCUT2D eigenvalue weighted by Gasteiger charge is 2.41. The lowest BCUT2D eigenvalue weighted by atomic mass is 9.82. The molecule has 5 nitrogen and oxygen atoms in total. The Balaban J connectivity index is 1.80. The topological polar surface area (TPSA) is 54.2 Å². The van der Waals surface area contributed by atoms with Crippen molar-refractivity contribution < 1.29 is 4.52 Å². The lowest BCUT2D eigenvalue weighted by Crippen LogP contribution is -2.52. The quantitative estimate of drug-likeness (QED) is 0.927. The van der Waals surface area contributed by atoms with E-state index >= 15 is 0 Å². The number of nitrogens with one attached hydrogen (secondary N) is 1. The molecule has 3 rings (SSSR count). The van der Waals surface area contributed by atoms with E-state index in [1.165, 1.54) is 19.3 Å². The fourth-order valence-corrected chi connectivity index (χ4v) is 3.78. The van der Waals surface area contributed by atoms with Crippen LogP contribution in [0.4, 0.5) is 0 Å². The van der Waals surface area contributed by atoms with Gasteiger partial charge in [0.2, 0.25) is 5.89 Å². The van der Waals surface area contributed by atoms with Crippen molar-refractivity contribution in [3.8, 4) is 0 Å². The van der Waals surface area contributed by atoms with Gasteiger partial charge in [0.05, 0.1) is 5.54 Å². The maximum Gasteiger partial charge on any atom is 0.230 e. The number of rotatable bonds is 3. The van der Waals surface area contributed by atoms with Crippen molar-refractivity contribution in [3.05, 3.63) is 11.7 Å². The zero-order chi connectivity index (χ0) is 15.1. The van der Waals surface area contributed by atoms with Crippen molar-refractivity contribution >= 4 is 0 Å². The van der Waals surface area contributed by atoms with Gasteiger partial charge in [-0.2, -0.15) is 4.98 Å². The number of nitrogens with zero attached hydrogens (tertiary/aromatic N) is 3. The average Bonchev–Trinajstić information content (AvgIpc) is 3.06. The van der Waals surface area contributed by atoms with E-state index < -0.39 is 0 Å². The fourth-order valence-electron chi connectivity index (χ4n) is 3.78. The normalized spacial score (nSPS) is 27.1. The summed E-state index contributed by atoms with van der Waals surface area (Å²) in [5, 5.41) is 7.72. The SMILES string of the molecule is CC1(C)CCCC1c1nc(C(C)(C)N2CCNCC2)no1. The standard InChI is InChI=1S/C16H28N4O/c1-15(2)7-5-6-12(15)13-18-14(19-21-13)16(3,4)20-10-8-17-9-11-20/h12,17H,5-11H2,1-4H3. The van der Waals surface area contributed by atoms with Crippen LogP contribution < -0.4 is 5.32 Å². The Morgan fingerprint density at radius 2 is 2.00 bits per heavy atom. The summed E-state index contributed by atoms with van der Waals surface area (Å²) < 4.78 is 5.66. The van der Waals surface area contributed by atoms with Gasteiger partial charge >= 0.3 is 0 Å². The molecule has 118 valence electrons. The molecule has 0 amide bonds. The largest absolute Gasteiger partial charge is 0.339 e. The van der Waals surface area contributed by atoms with Crippen LogP contribution in [0.2, 0.25) is 0 Å². The Kier molecular flexibility index (Phi) is 3.82. The molecule has 1 N–H and O–H groups in total. The molecule has 1 aliphatic heterocycles. The number of hydrogen-bond donors (Lipinski definition) is 1. The first-order valence-corrected chi connectivity index (χ1v) is 8.21. The predicted octanol–water partition coefficient (Wildman–Crippen LogP) is 2.50. The van der Waals surface area contributed by atoms with Crippen molar-refractivity contribution in [1.82, 2.24) is 20.4 Å². The maximum absolute atomic E-state index is 5.66. The molecule has 1 aromatic rings. The van der Waals surface area contributed by atoms with Gasteiger partial charge in [-0.1, -0.05) is 25.4 Å². The van der Waals surface area contributed by atoms with E-state index in [2.05, 4.69) is 43.1 Å². The molecular formula is C16H28N4O. The van der Waals surface area contributed by atoms with Crippen LogP contribution in [-0.2, 0) is 5.54 Å². The van der Waals surface area contributed by atoms with Gasteiger partial charge in [-0.25, -0.2) is 0 Å². The van der Waals surface area contributed by atoms with Gasteiger partial charge in [-0.05, 0) is 32.1 Å². The molecule has 21 heavy (non-hydrogen) atoms. The number of hydrogen-bond acceptors (Lipinski definition) is 5. The average molecular weight is 292 g/mol. The van der Waals surface area contributed by atoms with Crippen molar-refractivity contribution in [3.63, 3.8) is 0 Å². The van der Waals surface area contributed by atoms with E-state index in [1.807, 2.05) is 0 Å². The minimum atomic E-state index is -0.160. The smallest absolute Gasteiger partial charge is 0.230 e. The van der Waals surface area contributed by atoms with E-state index in [9.17, 15) is 0 Å². The highest BCUT2D eigenvalue weighted by molar-refractivity contribution is 5.08. The maximum atomic E-state index is 5.66. The van der Waals surface area contributed by atoms with Gasteiger partial charge < -0.3 is 9.84 Å². The number of piperazine rings is 1. The van der Waals surface area contributed by atoms with Gasteiger partial charge in [-0.15, -0.1) is 0 Å². The molecular weight excluding hydrogens is 264 g/mol. The van der Waals surface area contributed by atoms with Gasteiger partial charge in [0.1, 0.15) is 0 Å². The summed E-state index contributed by atoms with van der Waals surface area (Å²) in [5.74, 6) is 2.09. The third-order valence-electron chi connectivity index (χ3n) is 5.45. The Labute approximate surface area is 127 Å². The Morgan fingerprint density at radius 1 is 1.29 bits per heavy atom. The van der Waals surface area contributed by atoms with E-state index in [1.54, 1.807) is 0 Å². The Bertz CT molecular complexity index is 488. The van der Waals surface area contributed by atoms with Crippen LogP contribution in [0, 0.1) is 5.41 Å². The van der Waals surface area contributed by atoms with E-state index in [-0.39, 0.29) is 11.0 Å². The van der Waals surface area contributed by atoms with Gasteiger partial charge in [0.15, 0.2) is 5.82 Å². The summed E-state index contributed by atoms with van der Waals surface area (Å²) in [7, 11) is 0. The van der Waals surface area contributed by atoms with Crippen molar-refractivity contribution in [2.45, 2.75) is 58.4 Å². The summed E-state index contributed by atoms with van der Waals surface area (Å²) in [6.45, 7) is 13.2. The number of aromatic nitrogens is 2. The zero-order valence-electron chi connectivity index (χ0n) is 13.8. The predicted molar refractivity (Wildman–Crippen MR) is 82.1 cm³/mol. The minimum Gasteiger partial charge on any atom is -0.339 e. The Morgan fingerprint density at radius 3 is 2.62 bits per heavy atom. The molecule has 0 bridgehead atoms. The lowest BCUT2D eigenvalue weighted by molar-refractivity contribution is 0.0924. The molecule has 1 aliphatic carbocycles. The molecule has 0 aromatic carbocycles. The van der Waals surface area contributed by atoms with Crippen LogP contribution >= 0.6 is 0 Å². The molecule has 1 aromatic heterocycles. The first-order chi connectivity index (χ1) is 9.91. The van der Waals surface area contributed by atoms with Crippen LogP contribution in [-0.4, -0.2) is 41.2 Å². The molecule has 2 heterocycles. The fraction of sp³-hybridized carbons (Fsp3) is 0.875. The van der Waals surface area contributed by atoms with Crippen LogP contribution in [0.15, 0.2) is 4.52 Å². The second-order valence-corrected chi connectivity index (χ2v) is 7.69. The van der Waals surface area contributed by atoms with Crippen LogP contribution in [0.3, 0.4) is 0 Å². The lowest BCUT2D eigenvalue weighted by Gasteiger charge is -2.38. The monoisotopic (exact) mass is 292 g/mol. The summed E-state index contributed by atoms with van der Waals surface area (Å²) in [5.41, 5.74) is 0.121. The van der Waals surface area contributed by atoms with Crippen LogP contribution in [0.25, 0.3) is 0 Å². The van der Waals surface area contributed by atoms with Crippen LogP contribution in [0.1, 0.15) is 64.6 Å². The first-order valence-electron chi connectivity index (χ1n) is 8.21. The van der Waals surface area contributed by atoms with E-state index in [0.29, 0.717) is 5.92 Å². The summed E-state index contributed by atoms with van der Waals surface area (Å²) >= 11 is 0. The van der Waals surface area contributed by atoms with Crippen molar-refractivity contribution in [2.24, 2.45) is 5.41 Å². The molecule has 2 fully saturated rings. The van der Waals surface area contributed by atoms with Crippen molar-refractivity contribution in [1.29, 1.82) is 0 Å². The third-order valence-corrected chi connectivity index (χ3v) is 5.45. The second kappa shape index (κ2) is 5.36.